The average Bonchev–Trinajstić information content (AvgIpc) is 2.66. The second kappa shape index (κ2) is 7.03. The lowest BCUT2D eigenvalue weighted by Gasteiger charge is -2.37. The molecule has 1 aromatic heterocycles. The molecule has 1 fully saturated rings. The molecule has 0 bridgehead atoms. The first-order chi connectivity index (χ1) is 12.5. The minimum atomic E-state index is -0.486. The quantitative estimate of drug-likeness (QED) is 0.671. The van der Waals surface area contributed by atoms with Gasteiger partial charge in [0.05, 0.1) is 11.9 Å². The first-order valence-electron chi connectivity index (χ1n) is 7.66. The number of Topliss-reactive ketones (excluding diaryl/α,β-unsaturated/α-hetero) is 1. The van der Waals surface area contributed by atoms with Gasteiger partial charge in [-0.05, 0) is 36.4 Å². The molecule has 1 aliphatic heterocycles. The summed E-state index contributed by atoms with van der Waals surface area (Å²) in [5.41, 5.74) is 1.32. The molecule has 3 rings (SSSR count). The first kappa shape index (κ1) is 17.1. The number of hydrazine groups is 1. The Morgan fingerprint density at radius 1 is 1.23 bits per heavy atom. The summed E-state index contributed by atoms with van der Waals surface area (Å²) in [6.45, 7) is -0.0489. The number of pyridine rings is 1. The van der Waals surface area contributed by atoms with Gasteiger partial charge in [0, 0.05) is 18.9 Å². The summed E-state index contributed by atoms with van der Waals surface area (Å²) in [4.78, 5) is 28.9. The number of anilines is 2. The van der Waals surface area contributed by atoms with Crippen LogP contribution in [-0.4, -0.2) is 35.3 Å². The number of carbonyl (C=O) groups excluding carboxylic acids is 2. The van der Waals surface area contributed by atoms with Crippen LogP contribution in [0.2, 0.25) is 0 Å². The van der Waals surface area contributed by atoms with E-state index in [0.717, 1.165) is 0 Å². The number of nitrogens with zero attached hydrogens (tertiary/aromatic N) is 4. The summed E-state index contributed by atoms with van der Waals surface area (Å²) in [6.07, 6.45) is 2.75. The van der Waals surface area contributed by atoms with E-state index >= 15 is 0 Å². The van der Waals surface area contributed by atoms with Crippen LogP contribution in [0.1, 0.15) is 5.69 Å². The van der Waals surface area contributed by atoms with E-state index in [9.17, 15) is 14.0 Å². The molecule has 0 radical (unpaired) electrons. The number of amides is 1. The maximum absolute atomic E-state index is 12.9. The highest BCUT2D eigenvalue weighted by molar-refractivity contribution is 6.22. The van der Waals surface area contributed by atoms with Gasteiger partial charge in [-0.25, -0.2) is 9.37 Å². The fraction of sp³-hybridized carbons (Fsp3) is 0.111. The Balaban J connectivity index is 1.79. The molecule has 0 unspecified atom stereocenters. The molecule has 26 heavy (non-hydrogen) atoms. The minimum Gasteiger partial charge on any atom is -0.361 e. The molecule has 1 aliphatic rings. The number of likely N-dealkylation sites (N-methyl/N-ethyl adjacent to an activating group) is 1. The first-order valence-corrected chi connectivity index (χ1v) is 7.66. The molecule has 1 N–H and O–H groups in total. The summed E-state index contributed by atoms with van der Waals surface area (Å²) in [7, 11) is 1.54. The van der Waals surface area contributed by atoms with Crippen molar-refractivity contribution in [2.45, 2.75) is 0 Å². The summed E-state index contributed by atoms with van der Waals surface area (Å²) in [5, 5.41) is 14.4. The molecule has 1 amide bonds. The Hall–Kier alpha value is -3.73. The van der Waals surface area contributed by atoms with E-state index in [-0.39, 0.29) is 29.4 Å². The molecule has 0 aliphatic carbocycles. The molecule has 130 valence electrons. The summed E-state index contributed by atoms with van der Waals surface area (Å²) >= 11 is 0. The fourth-order valence-corrected chi connectivity index (χ4v) is 2.44. The number of rotatable bonds is 3. The molecule has 0 spiro atoms. The molecule has 1 aromatic carbocycles. The van der Waals surface area contributed by atoms with E-state index < -0.39 is 5.91 Å². The van der Waals surface area contributed by atoms with E-state index in [2.05, 4.69) is 10.3 Å². The molecular weight excluding hydrogens is 337 g/mol. The van der Waals surface area contributed by atoms with Crippen molar-refractivity contribution < 1.29 is 14.0 Å². The molecule has 0 saturated carbocycles. The average molecular weight is 351 g/mol. The number of nitrogens with one attached hydrogen (secondary N) is 1. The van der Waals surface area contributed by atoms with Crippen molar-refractivity contribution >= 4 is 23.1 Å². The third-order valence-corrected chi connectivity index (χ3v) is 3.87. The van der Waals surface area contributed by atoms with Crippen LogP contribution in [0.5, 0.6) is 0 Å². The normalized spacial score (nSPS) is 16.0. The van der Waals surface area contributed by atoms with Crippen LogP contribution in [0.15, 0.2) is 54.4 Å². The van der Waals surface area contributed by atoms with Crippen LogP contribution in [0, 0.1) is 17.1 Å². The molecule has 8 heteroatoms. The number of aromatic nitrogens is 1. The third kappa shape index (κ3) is 3.37. The number of carbonyl (C=O) groups is 2. The Labute approximate surface area is 148 Å². The predicted octanol–water partition coefficient (Wildman–Crippen LogP) is 1.85. The number of nitriles is 1. The highest BCUT2D eigenvalue weighted by atomic mass is 19.1. The number of halogens is 1. The van der Waals surface area contributed by atoms with Gasteiger partial charge in [0.2, 0.25) is 0 Å². The summed E-state index contributed by atoms with van der Waals surface area (Å²) < 4.78 is 12.9. The van der Waals surface area contributed by atoms with Crippen molar-refractivity contribution in [1.29, 1.82) is 5.26 Å². The van der Waals surface area contributed by atoms with Crippen LogP contribution in [0.25, 0.3) is 0 Å². The van der Waals surface area contributed by atoms with E-state index in [4.69, 9.17) is 5.26 Å². The van der Waals surface area contributed by atoms with E-state index in [0.29, 0.717) is 11.4 Å². The molecule has 7 nitrogen and oxygen atoms in total. The van der Waals surface area contributed by atoms with Crippen LogP contribution < -0.4 is 10.3 Å². The molecule has 2 heterocycles. The van der Waals surface area contributed by atoms with Crippen LogP contribution in [0.3, 0.4) is 0 Å². The van der Waals surface area contributed by atoms with Gasteiger partial charge in [0.1, 0.15) is 29.7 Å². The topological polar surface area (TPSA) is 89.3 Å². The lowest BCUT2D eigenvalue weighted by Crippen LogP contribution is -2.53. The van der Waals surface area contributed by atoms with Gasteiger partial charge in [-0.2, -0.15) is 5.26 Å². The number of ketones is 1. The molecule has 1 saturated heterocycles. The maximum Gasteiger partial charge on any atom is 0.277 e. The van der Waals surface area contributed by atoms with Crippen molar-refractivity contribution in [3.8, 4) is 6.07 Å². The van der Waals surface area contributed by atoms with Gasteiger partial charge in [-0.3, -0.25) is 19.6 Å². The van der Waals surface area contributed by atoms with Gasteiger partial charge in [-0.1, -0.05) is 0 Å². The van der Waals surface area contributed by atoms with Gasteiger partial charge in [-0.15, -0.1) is 0 Å². The van der Waals surface area contributed by atoms with Gasteiger partial charge in [0.15, 0.2) is 5.78 Å². The third-order valence-electron chi connectivity index (χ3n) is 3.87. The zero-order chi connectivity index (χ0) is 18.7. The summed E-state index contributed by atoms with van der Waals surface area (Å²) in [6, 6.07) is 10.6. The van der Waals surface area contributed by atoms with Gasteiger partial charge in [0.25, 0.3) is 5.91 Å². The lowest BCUT2D eigenvalue weighted by atomic mass is 10.1. The van der Waals surface area contributed by atoms with Gasteiger partial charge < -0.3 is 5.32 Å². The monoisotopic (exact) mass is 351 g/mol. The number of hydrogen-bond acceptors (Lipinski definition) is 6. The molecule has 2 aromatic rings. The lowest BCUT2D eigenvalue weighted by molar-refractivity contribution is -0.132. The van der Waals surface area contributed by atoms with E-state index in [1.165, 1.54) is 52.7 Å². The highest BCUT2D eigenvalue weighted by Crippen LogP contribution is 2.21. The van der Waals surface area contributed by atoms with Crippen molar-refractivity contribution in [1.82, 2.24) is 9.99 Å². The van der Waals surface area contributed by atoms with Crippen molar-refractivity contribution in [2.24, 2.45) is 0 Å². The van der Waals surface area contributed by atoms with Gasteiger partial charge >= 0.3 is 0 Å². The van der Waals surface area contributed by atoms with E-state index in [1.807, 2.05) is 6.07 Å². The second-order valence-electron chi connectivity index (χ2n) is 5.53. The molecule has 0 atom stereocenters. The largest absolute Gasteiger partial charge is 0.361 e. The van der Waals surface area contributed by atoms with Crippen molar-refractivity contribution in [3.05, 3.63) is 65.9 Å². The Bertz CT molecular complexity index is 916. The second-order valence-corrected chi connectivity index (χ2v) is 5.53. The standard InChI is InChI=1S/C18H14FN5O2/c1-23-18(26)16(10-22-13-4-2-12(19)3-5-13)17(25)11-24(23)15-7-6-14(8-20)21-9-15/h2-7,9-10,22H,11H2,1H3/b16-10-. The number of hydrogen-bond donors (Lipinski definition) is 1. The van der Waals surface area contributed by atoms with Crippen LogP contribution in [-0.2, 0) is 9.59 Å². The SMILES string of the molecule is CN1C(=O)/C(=C\Nc2ccc(F)cc2)C(=O)CN1c1ccc(C#N)nc1. The van der Waals surface area contributed by atoms with Crippen molar-refractivity contribution in [2.75, 3.05) is 23.9 Å². The zero-order valence-corrected chi connectivity index (χ0v) is 13.8. The summed E-state index contributed by atoms with van der Waals surface area (Å²) in [5.74, 6) is -1.23. The Morgan fingerprint density at radius 3 is 2.58 bits per heavy atom. The highest BCUT2D eigenvalue weighted by Gasteiger charge is 2.33. The molecular formula is C18H14FN5O2. The predicted molar refractivity (Wildman–Crippen MR) is 92.2 cm³/mol. The Kier molecular flexibility index (Phi) is 4.62. The minimum absolute atomic E-state index is 0.00493. The van der Waals surface area contributed by atoms with E-state index in [1.54, 1.807) is 13.1 Å². The smallest absolute Gasteiger partial charge is 0.277 e. The maximum atomic E-state index is 12.9. The fourth-order valence-electron chi connectivity index (χ4n) is 2.44. The van der Waals surface area contributed by atoms with Crippen LogP contribution in [0.4, 0.5) is 15.8 Å². The Morgan fingerprint density at radius 2 is 1.96 bits per heavy atom. The van der Waals surface area contributed by atoms with Crippen molar-refractivity contribution in [3.63, 3.8) is 0 Å². The van der Waals surface area contributed by atoms with Crippen LogP contribution >= 0.6 is 0 Å². The zero-order valence-electron chi connectivity index (χ0n) is 13.8. The number of benzene rings is 1.